The van der Waals surface area contributed by atoms with Gasteiger partial charge in [-0.3, -0.25) is 9.79 Å². The molecule has 34 heavy (non-hydrogen) atoms. The lowest BCUT2D eigenvalue weighted by Gasteiger charge is -2.37. The van der Waals surface area contributed by atoms with Crippen molar-refractivity contribution in [2.24, 2.45) is 16.8 Å². The number of allylic oxidation sites excluding steroid dienone is 5. The fourth-order valence-electron chi connectivity index (χ4n) is 4.63. The molecule has 0 aliphatic carbocycles. The van der Waals surface area contributed by atoms with Crippen LogP contribution in [0.3, 0.4) is 0 Å². The summed E-state index contributed by atoms with van der Waals surface area (Å²) < 4.78 is 0. The first kappa shape index (κ1) is 27.4. The van der Waals surface area contributed by atoms with Crippen molar-refractivity contribution in [1.29, 1.82) is 0 Å². The van der Waals surface area contributed by atoms with Crippen LogP contribution in [-0.2, 0) is 4.79 Å². The van der Waals surface area contributed by atoms with Gasteiger partial charge in [0.25, 0.3) is 5.91 Å². The third-order valence-electron chi connectivity index (χ3n) is 6.80. The van der Waals surface area contributed by atoms with Crippen molar-refractivity contribution in [3.8, 4) is 12.3 Å². The standard InChI is InChI=1S/C31H42N2O/c1-7-13-27-20-26(10-4)22-33(23-27)31(34)30(32-6)21-29(15-12-11-14-24(5)8-2)28-18-16-25(9-3)17-19-28/h3,8,11,14,16-19,21,26-27H,7,10,12-13,15,20,22-23H2,1-2,4-6H3/b14-11-,24-8-,29-21+,32-30+. The zero-order chi connectivity index (χ0) is 24.9. The molecule has 1 heterocycles. The van der Waals surface area contributed by atoms with E-state index in [0.29, 0.717) is 17.5 Å². The van der Waals surface area contributed by atoms with Crippen molar-refractivity contribution in [2.45, 2.75) is 66.2 Å². The summed E-state index contributed by atoms with van der Waals surface area (Å²) in [6, 6.07) is 8.01. The van der Waals surface area contributed by atoms with Gasteiger partial charge in [0.05, 0.1) is 0 Å². The number of carbonyl (C=O) groups is 1. The SMILES string of the molecule is C#Cc1ccc(/C(=C/C(=N\C)C(=O)N2CC(CC)CC(CCC)C2)CC/C=C\C(C)=C/C)cc1. The van der Waals surface area contributed by atoms with E-state index < -0.39 is 0 Å². The molecule has 1 aliphatic rings. The highest BCUT2D eigenvalue weighted by molar-refractivity contribution is 6.44. The average Bonchev–Trinajstić information content (AvgIpc) is 2.87. The van der Waals surface area contributed by atoms with Gasteiger partial charge in [-0.15, -0.1) is 6.42 Å². The average molecular weight is 459 g/mol. The smallest absolute Gasteiger partial charge is 0.272 e. The highest BCUT2D eigenvalue weighted by Gasteiger charge is 2.30. The van der Waals surface area contributed by atoms with Gasteiger partial charge in [0.15, 0.2) is 0 Å². The fourth-order valence-corrected chi connectivity index (χ4v) is 4.63. The second-order valence-electron chi connectivity index (χ2n) is 9.35. The molecule has 0 aromatic heterocycles. The van der Waals surface area contributed by atoms with Crippen molar-refractivity contribution < 1.29 is 4.79 Å². The maximum absolute atomic E-state index is 13.6. The van der Waals surface area contributed by atoms with Gasteiger partial charge in [-0.05, 0) is 80.7 Å². The van der Waals surface area contributed by atoms with Crippen molar-refractivity contribution in [2.75, 3.05) is 20.1 Å². The Labute approximate surface area is 207 Å². The van der Waals surface area contributed by atoms with Gasteiger partial charge in [0.1, 0.15) is 5.71 Å². The summed E-state index contributed by atoms with van der Waals surface area (Å²) in [5.41, 5.74) is 4.82. The first-order valence-corrected chi connectivity index (χ1v) is 12.8. The van der Waals surface area contributed by atoms with Gasteiger partial charge < -0.3 is 4.90 Å². The van der Waals surface area contributed by atoms with E-state index in [1.54, 1.807) is 7.05 Å². The third-order valence-corrected chi connectivity index (χ3v) is 6.80. The normalized spacial score (nSPS) is 20.0. The topological polar surface area (TPSA) is 32.7 Å². The van der Waals surface area contributed by atoms with Crippen LogP contribution in [0.5, 0.6) is 0 Å². The minimum Gasteiger partial charge on any atom is -0.337 e. The number of amides is 1. The lowest BCUT2D eigenvalue weighted by molar-refractivity contribution is -0.126. The Morgan fingerprint density at radius 3 is 2.50 bits per heavy atom. The number of nitrogens with zero attached hydrogens (tertiary/aromatic N) is 2. The Bertz CT molecular complexity index is 956. The molecule has 182 valence electrons. The highest BCUT2D eigenvalue weighted by Crippen LogP contribution is 2.28. The van der Waals surface area contributed by atoms with Crippen LogP contribution in [-0.4, -0.2) is 36.7 Å². The van der Waals surface area contributed by atoms with Crippen molar-refractivity contribution in [1.82, 2.24) is 4.90 Å². The zero-order valence-electron chi connectivity index (χ0n) is 21.8. The Balaban J connectivity index is 2.30. The number of benzene rings is 1. The summed E-state index contributed by atoms with van der Waals surface area (Å²) >= 11 is 0. The van der Waals surface area contributed by atoms with E-state index in [1.807, 2.05) is 42.2 Å². The van der Waals surface area contributed by atoms with Gasteiger partial charge in [-0.25, -0.2) is 0 Å². The van der Waals surface area contributed by atoms with Crippen LogP contribution >= 0.6 is 0 Å². The van der Waals surface area contributed by atoms with Gasteiger partial charge in [-0.1, -0.05) is 68.5 Å². The van der Waals surface area contributed by atoms with E-state index in [9.17, 15) is 4.79 Å². The van der Waals surface area contributed by atoms with Crippen LogP contribution in [0, 0.1) is 24.2 Å². The van der Waals surface area contributed by atoms with Crippen LogP contribution < -0.4 is 0 Å². The second-order valence-corrected chi connectivity index (χ2v) is 9.35. The molecule has 1 fully saturated rings. The molecule has 0 spiro atoms. The van der Waals surface area contributed by atoms with Gasteiger partial charge in [-0.2, -0.15) is 0 Å². The van der Waals surface area contributed by atoms with E-state index in [2.05, 4.69) is 49.9 Å². The molecule has 1 aromatic carbocycles. The van der Waals surface area contributed by atoms with Gasteiger partial charge in [0, 0.05) is 25.7 Å². The van der Waals surface area contributed by atoms with Crippen molar-refractivity contribution >= 4 is 17.2 Å². The second kappa shape index (κ2) is 14.4. The van der Waals surface area contributed by atoms with E-state index in [-0.39, 0.29) is 5.91 Å². The lowest BCUT2D eigenvalue weighted by Crippen LogP contribution is -2.46. The van der Waals surface area contributed by atoms with E-state index in [1.165, 1.54) is 18.4 Å². The van der Waals surface area contributed by atoms with Gasteiger partial charge in [0.2, 0.25) is 0 Å². The summed E-state index contributed by atoms with van der Waals surface area (Å²) in [6.45, 7) is 10.3. The number of aliphatic imine (C=N–C) groups is 1. The number of hydrogen-bond acceptors (Lipinski definition) is 2. The molecular formula is C31H42N2O. The maximum atomic E-state index is 13.6. The zero-order valence-corrected chi connectivity index (χ0v) is 21.8. The predicted octanol–water partition coefficient (Wildman–Crippen LogP) is 7.10. The fraction of sp³-hybridized carbons (Fsp3) is 0.484. The number of hydrogen-bond donors (Lipinski definition) is 0. The molecular weight excluding hydrogens is 416 g/mol. The summed E-state index contributed by atoms with van der Waals surface area (Å²) in [5.74, 6) is 3.90. The summed E-state index contributed by atoms with van der Waals surface area (Å²) in [7, 11) is 1.73. The quantitative estimate of drug-likeness (QED) is 0.209. The Kier molecular flexibility index (Phi) is 11.6. The van der Waals surface area contributed by atoms with Crippen LogP contribution in [0.15, 0.2) is 59.1 Å². The number of rotatable bonds is 10. The van der Waals surface area contributed by atoms with Crippen LogP contribution in [0.25, 0.3) is 5.57 Å². The Hall–Kier alpha value is -2.86. The minimum atomic E-state index is 0.0554. The van der Waals surface area contributed by atoms with Crippen LogP contribution in [0.2, 0.25) is 0 Å². The molecule has 0 bridgehead atoms. The van der Waals surface area contributed by atoms with Crippen molar-refractivity contribution in [3.63, 3.8) is 0 Å². The predicted molar refractivity (Wildman–Crippen MR) is 147 cm³/mol. The first-order chi connectivity index (χ1) is 16.4. The molecule has 3 nitrogen and oxygen atoms in total. The summed E-state index contributed by atoms with van der Waals surface area (Å²) in [4.78, 5) is 20.1. The Morgan fingerprint density at radius 1 is 1.21 bits per heavy atom. The van der Waals surface area contributed by atoms with E-state index >= 15 is 0 Å². The minimum absolute atomic E-state index is 0.0554. The number of piperidine rings is 1. The third kappa shape index (κ3) is 8.17. The lowest BCUT2D eigenvalue weighted by atomic mass is 9.85. The molecule has 1 aliphatic heterocycles. The number of terminal acetylenes is 1. The molecule has 0 radical (unpaired) electrons. The van der Waals surface area contributed by atoms with E-state index in [0.717, 1.165) is 55.5 Å². The molecule has 0 saturated carbocycles. The van der Waals surface area contributed by atoms with Crippen molar-refractivity contribution in [3.05, 3.63) is 65.3 Å². The largest absolute Gasteiger partial charge is 0.337 e. The van der Waals surface area contributed by atoms with Gasteiger partial charge >= 0.3 is 0 Å². The van der Waals surface area contributed by atoms with Crippen LogP contribution in [0.4, 0.5) is 0 Å². The number of likely N-dealkylation sites (tertiary alicyclic amines) is 1. The maximum Gasteiger partial charge on any atom is 0.272 e. The number of carbonyl (C=O) groups excluding carboxylic acids is 1. The highest BCUT2D eigenvalue weighted by atomic mass is 16.2. The molecule has 2 rings (SSSR count). The summed E-state index contributed by atoms with van der Waals surface area (Å²) in [6.07, 6.45) is 20.4. The molecule has 1 amide bonds. The van der Waals surface area contributed by atoms with Crippen LogP contribution in [0.1, 0.15) is 77.3 Å². The first-order valence-electron chi connectivity index (χ1n) is 12.8. The molecule has 1 aromatic rings. The molecule has 1 saturated heterocycles. The summed E-state index contributed by atoms with van der Waals surface area (Å²) in [5, 5.41) is 0. The monoisotopic (exact) mass is 458 g/mol. The Morgan fingerprint density at radius 2 is 1.91 bits per heavy atom. The molecule has 3 heteroatoms. The van der Waals surface area contributed by atoms with E-state index in [4.69, 9.17) is 6.42 Å². The molecule has 0 N–H and O–H groups in total. The molecule has 2 atom stereocenters. The molecule has 2 unspecified atom stereocenters.